The third-order valence-electron chi connectivity index (χ3n) is 5.18. The van der Waals surface area contributed by atoms with Crippen molar-refractivity contribution in [3.8, 4) is 0 Å². The Balaban J connectivity index is 1.91. The highest BCUT2D eigenvalue weighted by molar-refractivity contribution is 5.14. The molecular weight excluding hydrogens is 256 g/mol. The Labute approximate surface area is 130 Å². The van der Waals surface area contributed by atoms with Gasteiger partial charge >= 0.3 is 0 Å². The van der Waals surface area contributed by atoms with Crippen molar-refractivity contribution in [2.75, 3.05) is 20.6 Å². The summed E-state index contributed by atoms with van der Waals surface area (Å²) in [5, 5.41) is 3.56. The SMILES string of the molecule is CNC1CCC(C(C)C)CC1CN(C)Cc1ccccc1. The van der Waals surface area contributed by atoms with Gasteiger partial charge in [0.15, 0.2) is 0 Å². The van der Waals surface area contributed by atoms with Gasteiger partial charge in [-0.1, -0.05) is 44.2 Å². The fourth-order valence-electron chi connectivity index (χ4n) is 3.85. The molecule has 2 nitrogen and oxygen atoms in total. The van der Waals surface area contributed by atoms with Crippen molar-refractivity contribution < 1.29 is 0 Å². The van der Waals surface area contributed by atoms with Gasteiger partial charge in [-0.15, -0.1) is 0 Å². The standard InChI is InChI=1S/C19H32N2/c1-15(2)17-10-11-19(20-3)18(12-17)14-21(4)13-16-8-6-5-7-9-16/h5-9,15,17-20H,10-14H2,1-4H3. The highest BCUT2D eigenvalue weighted by atomic mass is 15.1. The quantitative estimate of drug-likeness (QED) is 0.857. The van der Waals surface area contributed by atoms with Crippen molar-refractivity contribution >= 4 is 0 Å². The monoisotopic (exact) mass is 288 g/mol. The van der Waals surface area contributed by atoms with E-state index in [1.807, 2.05) is 0 Å². The molecule has 1 aliphatic rings. The van der Waals surface area contributed by atoms with E-state index < -0.39 is 0 Å². The minimum atomic E-state index is 0.693. The largest absolute Gasteiger partial charge is 0.317 e. The van der Waals surface area contributed by atoms with Gasteiger partial charge in [0.05, 0.1) is 0 Å². The lowest BCUT2D eigenvalue weighted by atomic mass is 9.73. The van der Waals surface area contributed by atoms with Crippen LogP contribution in [-0.2, 0) is 6.54 Å². The molecule has 118 valence electrons. The van der Waals surface area contributed by atoms with Gasteiger partial charge in [-0.3, -0.25) is 0 Å². The van der Waals surface area contributed by atoms with Crippen LogP contribution in [0.25, 0.3) is 0 Å². The molecule has 1 aliphatic carbocycles. The molecular formula is C19H32N2. The Morgan fingerprint density at radius 3 is 2.52 bits per heavy atom. The normalized spacial score (nSPS) is 26.5. The lowest BCUT2D eigenvalue weighted by Crippen LogP contribution is -2.44. The summed E-state index contributed by atoms with van der Waals surface area (Å²) < 4.78 is 0. The van der Waals surface area contributed by atoms with Crippen LogP contribution >= 0.6 is 0 Å². The van der Waals surface area contributed by atoms with Crippen LogP contribution in [0.5, 0.6) is 0 Å². The van der Waals surface area contributed by atoms with E-state index in [1.54, 1.807) is 0 Å². The van der Waals surface area contributed by atoms with E-state index in [9.17, 15) is 0 Å². The molecule has 0 amide bonds. The highest BCUT2D eigenvalue weighted by Gasteiger charge is 2.31. The molecule has 0 radical (unpaired) electrons. The fourth-order valence-corrected chi connectivity index (χ4v) is 3.85. The summed E-state index contributed by atoms with van der Waals surface area (Å²) in [6.45, 7) is 7.02. The molecule has 1 N–H and O–H groups in total. The van der Waals surface area contributed by atoms with Crippen LogP contribution in [0.15, 0.2) is 30.3 Å². The molecule has 1 fully saturated rings. The summed E-state index contributed by atoms with van der Waals surface area (Å²) in [6.07, 6.45) is 4.10. The van der Waals surface area contributed by atoms with Crippen molar-refractivity contribution in [3.63, 3.8) is 0 Å². The van der Waals surface area contributed by atoms with E-state index in [4.69, 9.17) is 0 Å². The van der Waals surface area contributed by atoms with Crippen molar-refractivity contribution in [2.45, 2.75) is 45.7 Å². The van der Waals surface area contributed by atoms with Gasteiger partial charge in [-0.2, -0.15) is 0 Å². The van der Waals surface area contributed by atoms with Crippen molar-refractivity contribution in [1.29, 1.82) is 0 Å². The smallest absolute Gasteiger partial charge is 0.0230 e. The lowest BCUT2D eigenvalue weighted by molar-refractivity contribution is 0.134. The van der Waals surface area contributed by atoms with Crippen LogP contribution in [0.1, 0.15) is 38.7 Å². The molecule has 1 aromatic carbocycles. The van der Waals surface area contributed by atoms with Gasteiger partial charge in [0.25, 0.3) is 0 Å². The lowest BCUT2D eigenvalue weighted by Gasteiger charge is -2.39. The molecule has 0 heterocycles. The van der Waals surface area contributed by atoms with E-state index in [1.165, 1.54) is 31.4 Å². The summed E-state index contributed by atoms with van der Waals surface area (Å²) in [6, 6.07) is 11.5. The van der Waals surface area contributed by atoms with Crippen LogP contribution in [-0.4, -0.2) is 31.6 Å². The Bertz CT molecular complexity index is 401. The minimum absolute atomic E-state index is 0.693. The Hall–Kier alpha value is -0.860. The molecule has 1 saturated carbocycles. The van der Waals surface area contributed by atoms with E-state index in [0.717, 1.165) is 24.3 Å². The highest BCUT2D eigenvalue weighted by Crippen LogP contribution is 2.34. The molecule has 0 saturated heterocycles. The van der Waals surface area contributed by atoms with Crippen LogP contribution < -0.4 is 5.32 Å². The van der Waals surface area contributed by atoms with Crippen LogP contribution in [0.4, 0.5) is 0 Å². The molecule has 2 heteroatoms. The summed E-state index contributed by atoms with van der Waals surface area (Å²) >= 11 is 0. The minimum Gasteiger partial charge on any atom is -0.317 e. The molecule has 0 bridgehead atoms. The third-order valence-corrected chi connectivity index (χ3v) is 5.18. The zero-order valence-corrected chi connectivity index (χ0v) is 14.2. The maximum absolute atomic E-state index is 3.56. The average Bonchev–Trinajstić information content (AvgIpc) is 2.48. The zero-order valence-electron chi connectivity index (χ0n) is 14.2. The first-order chi connectivity index (χ1) is 10.1. The third kappa shape index (κ3) is 4.82. The van der Waals surface area contributed by atoms with E-state index >= 15 is 0 Å². The average molecular weight is 288 g/mol. The van der Waals surface area contributed by atoms with Gasteiger partial charge in [0.2, 0.25) is 0 Å². The van der Waals surface area contributed by atoms with Crippen molar-refractivity contribution in [1.82, 2.24) is 10.2 Å². The second-order valence-electron chi connectivity index (χ2n) is 7.15. The van der Waals surface area contributed by atoms with Crippen LogP contribution in [0.2, 0.25) is 0 Å². The number of hydrogen-bond donors (Lipinski definition) is 1. The molecule has 21 heavy (non-hydrogen) atoms. The van der Waals surface area contributed by atoms with E-state index in [2.05, 4.69) is 68.5 Å². The maximum atomic E-state index is 3.56. The Kier molecular flexibility index (Phi) is 6.25. The summed E-state index contributed by atoms with van der Waals surface area (Å²) in [5.41, 5.74) is 1.41. The number of nitrogens with zero attached hydrogens (tertiary/aromatic N) is 1. The van der Waals surface area contributed by atoms with Gasteiger partial charge in [0, 0.05) is 19.1 Å². The van der Waals surface area contributed by atoms with Gasteiger partial charge in [0.1, 0.15) is 0 Å². The predicted octanol–water partition coefficient (Wildman–Crippen LogP) is 3.78. The van der Waals surface area contributed by atoms with Crippen LogP contribution in [0.3, 0.4) is 0 Å². The summed E-state index contributed by atoms with van der Waals surface area (Å²) in [4.78, 5) is 2.49. The van der Waals surface area contributed by atoms with Gasteiger partial charge < -0.3 is 10.2 Å². The number of nitrogens with one attached hydrogen (secondary N) is 1. The second-order valence-corrected chi connectivity index (χ2v) is 7.15. The molecule has 2 rings (SSSR count). The number of hydrogen-bond acceptors (Lipinski definition) is 2. The zero-order chi connectivity index (χ0) is 15.2. The summed E-state index contributed by atoms with van der Waals surface area (Å²) in [7, 11) is 4.39. The topological polar surface area (TPSA) is 15.3 Å². The van der Waals surface area contributed by atoms with E-state index in [0.29, 0.717) is 6.04 Å². The van der Waals surface area contributed by atoms with Crippen molar-refractivity contribution in [3.05, 3.63) is 35.9 Å². The molecule has 1 aromatic rings. The van der Waals surface area contributed by atoms with E-state index in [-0.39, 0.29) is 0 Å². The first-order valence-electron chi connectivity index (χ1n) is 8.50. The number of rotatable bonds is 6. The van der Waals surface area contributed by atoms with Crippen LogP contribution in [0, 0.1) is 17.8 Å². The molecule has 3 unspecified atom stereocenters. The summed E-state index contributed by atoms with van der Waals surface area (Å²) in [5.74, 6) is 2.51. The fraction of sp³-hybridized carbons (Fsp3) is 0.684. The molecule has 0 aromatic heterocycles. The second kappa shape index (κ2) is 7.95. The molecule has 3 atom stereocenters. The van der Waals surface area contributed by atoms with Gasteiger partial charge in [-0.25, -0.2) is 0 Å². The Morgan fingerprint density at radius 2 is 1.90 bits per heavy atom. The maximum Gasteiger partial charge on any atom is 0.0230 e. The Morgan fingerprint density at radius 1 is 1.19 bits per heavy atom. The predicted molar refractivity (Wildman–Crippen MR) is 91.3 cm³/mol. The first kappa shape index (κ1) is 16.5. The molecule has 0 aliphatic heterocycles. The first-order valence-corrected chi connectivity index (χ1v) is 8.50. The van der Waals surface area contributed by atoms with Gasteiger partial charge in [-0.05, 0) is 56.7 Å². The van der Waals surface area contributed by atoms with Crippen molar-refractivity contribution in [2.24, 2.45) is 17.8 Å². The molecule has 0 spiro atoms. The number of benzene rings is 1.